The number of allylic oxidation sites excluding steroid dienone is 8. The molecule has 2 nitrogen and oxygen atoms in total. The third kappa shape index (κ3) is 6.10. The zero-order valence-electron chi connectivity index (χ0n) is 30.9. The molecule has 0 amide bonds. The fourth-order valence-electron chi connectivity index (χ4n) is 8.59. The van der Waals surface area contributed by atoms with Crippen LogP contribution in [-0.4, -0.2) is 4.57 Å². The fraction of sp³-hybridized carbons (Fsp3) is 0.0943. The van der Waals surface area contributed by atoms with Crippen molar-refractivity contribution in [2.45, 2.75) is 32.1 Å². The average molecular weight is 707 g/mol. The van der Waals surface area contributed by atoms with Crippen molar-refractivity contribution in [2.24, 2.45) is 0 Å². The summed E-state index contributed by atoms with van der Waals surface area (Å²) in [6.45, 7) is 0. The standard InChI is InChI=1S/C53H42N2/c1-2-6-19-41(18-5-1)49-37-45(33-34-46(49)42-30-35-53-50(36-42)48-25-13-14-26-52(48)55(53)43-22-9-4-10-23-43)54(51-27-15-21-40-20-11-12-24-47(40)51)44-31-28-39(29-32-44)38-16-7-3-8-17-38/h4-5,7,9-37H,1-3,6,8H2. The van der Waals surface area contributed by atoms with Gasteiger partial charge in [0.2, 0.25) is 0 Å². The molecule has 0 atom stereocenters. The molecule has 8 aromatic rings. The van der Waals surface area contributed by atoms with E-state index < -0.39 is 0 Å². The summed E-state index contributed by atoms with van der Waals surface area (Å²) in [6, 6.07) is 58.2. The van der Waals surface area contributed by atoms with Crippen LogP contribution in [0.3, 0.4) is 0 Å². The summed E-state index contributed by atoms with van der Waals surface area (Å²) in [4.78, 5) is 2.45. The zero-order valence-corrected chi connectivity index (χ0v) is 30.9. The van der Waals surface area contributed by atoms with Gasteiger partial charge in [0.25, 0.3) is 0 Å². The maximum atomic E-state index is 2.45. The van der Waals surface area contributed by atoms with Gasteiger partial charge in [-0.3, -0.25) is 0 Å². The molecule has 2 aliphatic carbocycles. The molecule has 0 spiro atoms. The van der Waals surface area contributed by atoms with Crippen LogP contribution in [-0.2, 0) is 0 Å². The number of anilines is 3. The van der Waals surface area contributed by atoms with Gasteiger partial charge in [-0.15, -0.1) is 0 Å². The van der Waals surface area contributed by atoms with Gasteiger partial charge in [0.1, 0.15) is 0 Å². The van der Waals surface area contributed by atoms with Crippen LogP contribution in [0.15, 0.2) is 194 Å². The summed E-state index contributed by atoms with van der Waals surface area (Å²) in [6.07, 6.45) is 19.6. The summed E-state index contributed by atoms with van der Waals surface area (Å²) in [5.74, 6) is 0. The van der Waals surface area contributed by atoms with E-state index in [9.17, 15) is 0 Å². The van der Waals surface area contributed by atoms with E-state index >= 15 is 0 Å². The van der Waals surface area contributed by atoms with Gasteiger partial charge in [0.15, 0.2) is 0 Å². The first kappa shape index (κ1) is 33.0. The first-order valence-electron chi connectivity index (χ1n) is 19.7. The molecular weight excluding hydrogens is 665 g/mol. The van der Waals surface area contributed by atoms with E-state index in [4.69, 9.17) is 0 Å². The Morgan fingerprint density at radius 2 is 1.15 bits per heavy atom. The van der Waals surface area contributed by atoms with Crippen molar-refractivity contribution < 1.29 is 0 Å². The molecule has 0 aliphatic heterocycles. The molecule has 55 heavy (non-hydrogen) atoms. The molecule has 0 N–H and O–H groups in total. The monoisotopic (exact) mass is 706 g/mol. The molecule has 0 saturated heterocycles. The van der Waals surface area contributed by atoms with Gasteiger partial charge < -0.3 is 9.47 Å². The largest absolute Gasteiger partial charge is 0.310 e. The Labute approximate surface area is 323 Å². The molecular formula is C53H42N2. The lowest BCUT2D eigenvalue weighted by molar-refractivity contribution is 0.876. The number of benzene rings is 7. The highest BCUT2D eigenvalue weighted by Gasteiger charge is 2.20. The van der Waals surface area contributed by atoms with Crippen molar-refractivity contribution in [1.82, 2.24) is 4.57 Å². The first-order valence-corrected chi connectivity index (χ1v) is 19.7. The quantitative estimate of drug-likeness (QED) is 0.160. The molecule has 2 aliphatic rings. The van der Waals surface area contributed by atoms with Gasteiger partial charge in [0.05, 0.1) is 16.7 Å². The highest BCUT2D eigenvalue weighted by molar-refractivity contribution is 6.11. The van der Waals surface area contributed by atoms with Crippen LogP contribution in [0.4, 0.5) is 17.1 Å². The van der Waals surface area contributed by atoms with Crippen molar-refractivity contribution in [1.29, 1.82) is 0 Å². The number of rotatable bonds is 7. The van der Waals surface area contributed by atoms with E-state index in [2.05, 4.69) is 204 Å². The Hall–Kier alpha value is -6.64. The van der Waals surface area contributed by atoms with E-state index in [1.807, 2.05) is 0 Å². The smallest absolute Gasteiger partial charge is 0.0541 e. The topological polar surface area (TPSA) is 8.17 Å². The number of fused-ring (bicyclic) bond motifs is 4. The lowest BCUT2D eigenvalue weighted by Gasteiger charge is -2.28. The first-order chi connectivity index (χ1) is 27.3. The minimum Gasteiger partial charge on any atom is -0.310 e. The second-order valence-corrected chi connectivity index (χ2v) is 14.7. The Morgan fingerprint density at radius 3 is 2.02 bits per heavy atom. The Balaban J connectivity index is 1.17. The van der Waals surface area contributed by atoms with Crippen LogP contribution in [0, 0.1) is 0 Å². The highest BCUT2D eigenvalue weighted by Crippen LogP contribution is 2.44. The maximum absolute atomic E-state index is 2.45. The predicted molar refractivity (Wildman–Crippen MR) is 236 cm³/mol. The zero-order chi connectivity index (χ0) is 36.6. The van der Waals surface area contributed by atoms with Crippen LogP contribution in [0.25, 0.3) is 60.5 Å². The molecule has 0 radical (unpaired) electrons. The molecule has 1 aromatic heterocycles. The number of aromatic nitrogens is 1. The summed E-state index contributed by atoms with van der Waals surface area (Å²) >= 11 is 0. The predicted octanol–water partition coefficient (Wildman–Crippen LogP) is 14.9. The van der Waals surface area contributed by atoms with Crippen molar-refractivity contribution in [3.63, 3.8) is 0 Å². The van der Waals surface area contributed by atoms with E-state index in [0.717, 1.165) is 37.1 Å². The normalized spacial score (nSPS) is 14.3. The van der Waals surface area contributed by atoms with Crippen molar-refractivity contribution in [2.75, 3.05) is 4.90 Å². The third-order valence-electron chi connectivity index (χ3n) is 11.3. The van der Waals surface area contributed by atoms with Crippen LogP contribution >= 0.6 is 0 Å². The SMILES string of the molecule is C1=CC(c2ccc(N(c3ccc(-c4ccc5c(c4)c4ccccc4n5-c4ccccc4)c(C4=CCCCC=C4)c3)c3cccc4ccccc34)cc2)=CCC1. The molecule has 2 heteroatoms. The Bertz CT molecular complexity index is 2820. The number of nitrogens with zero attached hydrogens (tertiary/aromatic N) is 2. The van der Waals surface area contributed by atoms with Crippen LogP contribution in [0.1, 0.15) is 43.2 Å². The van der Waals surface area contributed by atoms with E-state index in [1.165, 1.54) is 83.8 Å². The van der Waals surface area contributed by atoms with E-state index in [0.29, 0.717) is 0 Å². The molecule has 0 bridgehead atoms. The van der Waals surface area contributed by atoms with Gasteiger partial charge >= 0.3 is 0 Å². The van der Waals surface area contributed by atoms with Gasteiger partial charge in [-0.1, -0.05) is 134 Å². The third-order valence-corrected chi connectivity index (χ3v) is 11.3. The van der Waals surface area contributed by atoms with Crippen molar-refractivity contribution in [3.05, 3.63) is 205 Å². The molecule has 1 heterocycles. The minimum atomic E-state index is 1.06. The highest BCUT2D eigenvalue weighted by atomic mass is 15.1. The summed E-state index contributed by atoms with van der Waals surface area (Å²) in [5, 5.41) is 4.98. The number of hydrogen-bond acceptors (Lipinski definition) is 1. The summed E-state index contributed by atoms with van der Waals surface area (Å²) in [5.41, 5.74) is 14.6. The van der Waals surface area contributed by atoms with Crippen molar-refractivity contribution >= 4 is 60.8 Å². The minimum absolute atomic E-state index is 1.06. The number of para-hydroxylation sites is 2. The fourth-order valence-corrected chi connectivity index (χ4v) is 8.59. The maximum Gasteiger partial charge on any atom is 0.0541 e. The molecule has 264 valence electrons. The summed E-state index contributed by atoms with van der Waals surface area (Å²) in [7, 11) is 0. The Kier molecular flexibility index (Phi) is 8.57. The molecule has 10 rings (SSSR count). The molecule has 7 aromatic carbocycles. The van der Waals surface area contributed by atoms with Gasteiger partial charge in [-0.2, -0.15) is 0 Å². The number of hydrogen-bond donors (Lipinski definition) is 0. The van der Waals surface area contributed by atoms with Gasteiger partial charge in [-0.05, 0) is 132 Å². The van der Waals surface area contributed by atoms with Crippen LogP contribution < -0.4 is 4.90 Å². The van der Waals surface area contributed by atoms with Gasteiger partial charge in [-0.25, -0.2) is 0 Å². The van der Waals surface area contributed by atoms with Gasteiger partial charge in [0, 0.05) is 33.2 Å². The molecule has 0 fully saturated rings. The average Bonchev–Trinajstić information content (AvgIpc) is 3.36. The lowest BCUT2D eigenvalue weighted by atomic mass is 9.92. The van der Waals surface area contributed by atoms with Crippen LogP contribution in [0.2, 0.25) is 0 Å². The summed E-state index contributed by atoms with van der Waals surface area (Å²) < 4.78 is 2.39. The van der Waals surface area contributed by atoms with Crippen molar-refractivity contribution in [3.8, 4) is 16.8 Å². The molecule has 0 saturated carbocycles. The molecule has 0 unspecified atom stereocenters. The second-order valence-electron chi connectivity index (χ2n) is 14.7. The lowest BCUT2D eigenvalue weighted by Crippen LogP contribution is -2.11. The Morgan fingerprint density at radius 1 is 0.436 bits per heavy atom. The van der Waals surface area contributed by atoms with E-state index in [1.54, 1.807) is 0 Å². The van der Waals surface area contributed by atoms with Crippen LogP contribution in [0.5, 0.6) is 0 Å². The van der Waals surface area contributed by atoms with E-state index in [-0.39, 0.29) is 0 Å². The second kappa shape index (κ2) is 14.3.